The molecule has 0 saturated carbocycles. The van der Waals surface area contributed by atoms with Crippen LogP contribution >= 0.6 is 0 Å². The number of likely N-dealkylation sites (tertiary alicyclic amines) is 1. The number of carbonyl (C=O) groups excluding carboxylic acids is 1. The molecule has 3 aromatic rings. The largest absolute Gasteiger partial charge is 0.378 e. The summed E-state index contributed by atoms with van der Waals surface area (Å²) >= 11 is 0. The monoisotopic (exact) mass is 396 g/mol. The quantitative estimate of drug-likeness (QED) is 0.609. The number of aromatic nitrogens is 6. The summed E-state index contributed by atoms with van der Waals surface area (Å²) in [6.07, 6.45) is 6.72. The van der Waals surface area contributed by atoms with Crippen LogP contribution in [0.25, 0.3) is 5.82 Å². The highest BCUT2D eigenvalue weighted by Crippen LogP contribution is 2.20. The highest BCUT2D eigenvalue weighted by atomic mass is 16.6. The van der Waals surface area contributed by atoms with Gasteiger partial charge < -0.3 is 5.73 Å². The fourth-order valence-electron chi connectivity index (χ4n) is 3.16. The number of nitrogens with two attached hydrogens (primary N) is 1. The topological polar surface area (TPSA) is 154 Å². The van der Waals surface area contributed by atoms with Crippen LogP contribution in [-0.2, 0) is 13.1 Å². The summed E-state index contributed by atoms with van der Waals surface area (Å²) in [5.74, 6) is -0.322. The molecule has 1 fully saturated rings. The van der Waals surface area contributed by atoms with Gasteiger partial charge in [0.05, 0.1) is 12.2 Å². The van der Waals surface area contributed by atoms with Gasteiger partial charge in [-0.25, -0.2) is 4.63 Å². The molecule has 0 atom stereocenters. The average Bonchev–Trinajstić information content (AvgIpc) is 3.35. The van der Waals surface area contributed by atoms with E-state index in [0.717, 1.165) is 31.5 Å². The lowest BCUT2D eigenvalue weighted by molar-refractivity contribution is 0.0986. The molecule has 0 spiro atoms. The van der Waals surface area contributed by atoms with Crippen molar-refractivity contribution in [1.82, 2.24) is 35.2 Å². The van der Waals surface area contributed by atoms with Crippen LogP contribution in [0.2, 0.25) is 0 Å². The van der Waals surface area contributed by atoms with Crippen molar-refractivity contribution in [1.29, 1.82) is 0 Å². The molecule has 0 aromatic carbocycles. The zero-order valence-electron chi connectivity index (χ0n) is 15.7. The van der Waals surface area contributed by atoms with Crippen LogP contribution in [0.4, 0.5) is 5.82 Å². The Kier molecular flexibility index (Phi) is 5.61. The van der Waals surface area contributed by atoms with Gasteiger partial charge in [0.15, 0.2) is 5.69 Å². The first-order chi connectivity index (χ1) is 14.2. The van der Waals surface area contributed by atoms with Gasteiger partial charge in [-0.05, 0) is 53.9 Å². The molecule has 1 aliphatic rings. The van der Waals surface area contributed by atoms with E-state index in [4.69, 9.17) is 5.73 Å². The summed E-state index contributed by atoms with van der Waals surface area (Å²) in [4.78, 5) is 18.8. The van der Waals surface area contributed by atoms with E-state index in [9.17, 15) is 4.79 Å². The molecular formula is C17H20N10O2. The molecule has 1 amide bonds. The number of amides is 1. The van der Waals surface area contributed by atoms with E-state index in [0.29, 0.717) is 12.2 Å². The summed E-state index contributed by atoms with van der Waals surface area (Å²) in [5, 5.41) is 23.2. The van der Waals surface area contributed by atoms with Gasteiger partial charge in [0.1, 0.15) is 0 Å². The molecule has 12 heteroatoms. The molecule has 1 saturated heterocycles. The summed E-state index contributed by atoms with van der Waals surface area (Å²) in [6.45, 7) is 2.58. The molecule has 0 unspecified atom stereocenters. The van der Waals surface area contributed by atoms with Crippen molar-refractivity contribution in [3.05, 3.63) is 41.5 Å². The fourth-order valence-corrected chi connectivity index (χ4v) is 3.16. The van der Waals surface area contributed by atoms with Gasteiger partial charge in [-0.15, -0.1) is 10.2 Å². The second-order valence-electron chi connectivity index (χ2n) is 6.67. The van der Waals surface area contributed by atoms with Gasteiger partial charge in [-0.2, -0.15) is 9.80 Å². The highest BCUT2D eigenvalue weighted by Gasteiger charge is 2.26. The van der Waals surface area contributed by atoms with E-state index in [1.807, 2.05) is 12.1 Å². The van der Waals surface area contributed by atoms with E-state index in [1.165, 1.54) is 11.1 Å². The molecule has 0 radical (unpaired) electrons. The van der Waals surface area contributed by atoms with Gasteiger partial charge in [-0.1, -0.05) is 11.6 Å². The number of piperidine rings is 1. The summed E-state index contributed by atoms with van der Waals surface area (Å²) in [5.41, 5.74) is 7.34. The number of carbonyl (C=O) groups is 1. The number of pyridine rings is 1. The van der Waals surface area contributed by atoms with Gasteiger partial charge in [0, 0.05) is 18.9 Å². The maximum Gasteiger partial charge on any atom is 0.317 e. The minimum absolute atomic E-state index is 0.0631. The standard InChI is InChI=1S/C17H20N10O2/c18-15-16(24-29-23-15)27-13(11-26-8-2-1-3-9-26)14(21-25-27)17(28)22-20-10-12-4-6-19-7-5-12/h4-7H,1-3,8-11H2,(H2,18,23). The number of hydrogen-bond acceptors (Lipinski definition) is 10. The second-order valence-corrected chi connectivity index (χ2v) is 6.67. The Morgan fingerprint density at radius 2 is 1.97 bits per heavy atom. The molecule has 3 aromatic heterocycles. The molecule has 2 N–H and O–H groups in total. The highest BCUT2D eigenvalue weighted by molar-refractivity contribution is 5.93. The molecule has 150 valence electrons. The van der Waals surface area contributed by atoms with Crippen molar-refractivity contribution in [3.8, 4) is 5.82 Å². The maximum absolute atomic E-state index is 12.7. The van der Waals surface area contributed by atoms with Crippen LogP contribution in [0.5, 0.6) is 0 Å². The maximum atomic E-state index is 12.7. The SMILES string of the molecule is Nc1nonc1-n1nnc(C(=O)N=NCc2ccncc2)c1CN1CCCCC1. The minimum atomic E-state index is -0.577. The third kappa shape index (κ3) is 4.32. The summed E-state index contributed by atoms with van der Waals surface area (Å²) < 4.78 is 6.05. The number of azo groups is 1. The molecule has 4 heterocycles. The Hall–Kier alpha value is -3.54. The lowest BCUT2D eigenvalue weighted by atomic mass is 10.1. The third-order valence-electron chi connectivity index (χ3n) is 4.65. The van der Waals surface area contributed by atoms with Gasteiger partial charge in [0.2, 0.25) is 11.6 Å². The molecule has 29 heavy (non-hydrogen) atoms. The predicted molar refractivity (Wildman–Crippen MR) is 99.9 cm³/mol. The zero-order valence-corrected chi connectivity index (χ0v) is 15.7. The van der Waals surface area contributed by atoms with Crippen LogP contribution in [0.1, 0.15) is 41.0 Å². The molecule has 12 nitrogen and oxygen atoms in total. The second kappa shape index (κ2) is 8.65. The molecule has 0 bridgehead atoms. The van der Waals surface area contributed by atoms with E-state index in [2.05, 4.69) is 45.4 Å². The lowest BCUT2D eigenvalue weighted by Gasteiger charge is -2.26. The van der Waals surface area contributed by atoms with Crippen LogP contribution in [0.3, 0.4) is 0 Å². The van der Waals surface area contributed by atoms with Gasteiger partial charge >= 0.3 is 5.91 Å². The normalized spacial score (nSPS) is 15.2. The Morgan fingerprint density at radius 3 is 2.69 bits per heavy atom. The molecular weight excluding hydrogens is 376 g/mol. The number of nitrogens with zero attached hydrogens (tertiary/aromatic N) is 9. The van der Waals surface area contributed by atoms with E-state index in [-0.39, 0.29) is 23.9 Å². The van der Waals surface area contributed by atoms with Crippen LogP contribution in [0, 0.1) is 0 Å². The van der Waals surface area contributed by atoms with E-state index in [1.54, 1.807) is 12.4 Å². The zero-order chi connectivity index (χ0) is 20.1. The van der Waals surface area contributed by atoms with Crippen molar-refractivity contribution in [3.63, 3.8) is 0 Å². The van der Waals surface area contributed by atoms with Crippen molar-refractivity contribution in [2.45, 2.75) is 32.4 Å². The first-order valence-electron chi connectivity index (χ1n) is 9.28. The van der Waals surface area contributed by atoms with Gasteiger partial charge in [-0.3, -0.25) is 14.7 Å². The number of nitrogen functional groups attached to an aromatic ring is 1. The van der Waals surface area contributed by atoms with Crippen LogP contribution in [-0.4, -0.2) is 54.2 Å². The number of anilines is 1. The van der Waals surface area contributed by atoms with Crippen LogP contribution in [0.15, 0.2) is 39.4 Å². The smallest absolute Gasteiger partial charge is 0.317 e. The predicted octanol–water partition coefficient (Wildman–Crippen LogP) is 1.41. The minimum Gasteiger partial charge on any atom is -0.378 e. The Bertz CT molecular complexity index is 991. The number of hydrogen-bond donors (Lipinski definition) is 1. The Morgan fingerprint density at radius 1 is 1.17 bits per heavy atom. The molecule has 1 aliphatic heterocycles. The van der Waals surface area contributed by atoms with Crippen LogP contribution < -0.4 is 5.73 Å². The van der Waals surface area contributed by atoms with E-state index >= 15 is 0 Å². The average molecular weight is 396 g/mol. The molecule has 0 aliphatic carbocycles. The first kappa shape index (κ1) is 18.8. The number of rotatable bonds is 6. The van der Waals surface area contributed by atoms with Crippen molar-refractivity contribution in [2.24, 2.45) is 10.2 Å². The van der Waals surface area contributed by atoms with Gasteiger partial charge in [0.25, 0.3) is 0 Å². The Balaban J connectivity index is 1.59. The molecule has 4 rings (SSSR count). The first-order valence-corrected chi connectivity index (χ1v) is 9.28. The van der Waals surface area contributed by atoms with Crippen molar-refractivity contribution < 1.29 is 9.42 Å². The summed E-state index contributed by atoms with van der Waals surface area (Å²) in [6, 6.07) is 3.61. The summed E-state index contributed by atoms with van der Waals surface area (Å²) in [7, 11) is 0. The van der Waals surface area contributed by atoms with Crippen molar-refractivity contribution >= 4 is 11.7 Å². The Labute approximate surface area is 165 Å². The lowest BCUT2D eigenvalue weighted by Crippen LogP contribution is -2.30. The fraction of sp³-hybridized carbons (Fsp3) is 0.412. The van der Waals surface area contributed by atoms with Crippen molar-refractivity contribution in [2.75, 3.05) is 18.8 Å². The van der Waals surface area contributed by atoms with E-state index < -0.39 is 5.91 Å². The third-order valence-corrected chi connectivity index (χ3v) is 4.65.